The van der Waals surface area contributed by atoms with E-state index >= 15 is 0 Å². The summed E-state index contributed by atoms with van der Waals surface area (Å²) in [4.78, 5) is 10.9. The van der Waals surface area contributed by atoms with Crippen molar-refractivity contribution in [2.75, 3.05) is 11.9 Å². The van der Waals surface area contributed by atoms with E-state index in [0.29, 0.717) is 36.3 Å². The number of aromatic nitrogens is 4. The van der Waals surface area contributed by atoms with Gasteiger partial charge in [0.15, 0.2) is 5.69 Å². The number of nitrogens with one attached hydrogen (secondary N) is 2. The zero-order chi connectivity index (χ0) is 20.4. The number of carbonyl (C=O) groups excluding carboxylic acids is 1. The summed E-state index contributed by atoms with van der Waals surface area (Å²) in [5.41, 5.74) is 1.27. The molecule has 10 heteroatoms. The number of aryl methyl sites for hydroxylation is 1. The van der Waals surface area contributed by atoms with Crippen molar-refractivity contribution in [1.82, 2.24) is 25.3 Å². The third kappa shape index (κ3) is 4.91. The van der Waals surface area contributed by atoms with E-state index in [0.717, 1.165) is 24.6 Å². The molecule has 29 heavy (non-hydrogen) atoms. The predicted molar refractivity (Wildman–Crippen MR) is 101 cm³/mol. The van der Waals surface area contributed by atoms with Crippen LogP contribution in [0.1, 0.15) is 44.9 Å². The second-order valence-electron chi connectivity index (χ2n) is 8.11. The highest BCUT2D eigenvalue weighted by Crippen LogP contribution is 2.39. The van der Waals surface area contributed by atoms with E-state index in [1.54, 1.807) is 17.9 Å². The van der Waals surface area contributed by atoms with Gasteiger partial charge < -0.3 is 15.1 Å². The molecule has 5 rings (SSSR count). The molecule has 0 spiro atoms. The Labute approximate surface area is 167 Å². The summed E-state index contributed by atoms with van der Waals surface area (Å²) < 4.78 is 33.1. The van der Waals surface area contributed by atoms with Crippen LogP contribution in [0.2, 0.25) is 0 Å². The fourth-order valence-electron chi connectivity index (χ4n) is 3.99. The molecule has 1 aliphatic heterocycles. The van der Waals surface area contributed by atoms with Crippen LogP contribution in [0, 0.1) is 11.8 Å². The highest BCUT2D eigenvalue weighted by molar-refractivity contribution is 5.81. The van der Waals surface area contributed by atoms with Crippen LogP contribution in [0.4, 0.5) is 14.5 Å². The first kappa shape index (κ1) is 19.8. The van der Waals surface area contributed by atoms with E-state index in [1.807, 2.05) is 0 Å². The molecule has 8 nitrogen and oxygen atoms in total. The number of hydrogen-bond acceptors (Lipinski definition) is 6. The molecule has 0 bridgehead atoms. The summed E-state index contributed by atoms with van der Waals surface area (Å²) in [5, 5.41) is 17.8. The molecule has 2 aliphatic carbocycles. The first-order valence-electron chi connectivity index (χ1n) is 10.1. The van der Waals surface area contributed by atoms with Crippen molar-refractivity contribution in [1.29, 1.82) is 0 Å². The second kappa shape index (κ2) is 8.08. The van der Waals surface area contributed by atoms with E-state index in [4.69, 9.17) is 4.42 Å². The van der Waals surface area contributed by atoms with E-state index in [-0.39, 0.29) is 18.9 Å². The SMILES string of the molecule is Cn1cc(NC2CCC(F)(F)CC2)c(-c2nnco2)n1.O=C1NCCC1C1CC1. The minimum Gasteiger partial charge on any atom is -0.422 e. The van der Waals surface area contributed by atoms with Crippen molar-refractivity contribution >= 4 is 11.6 Å². The minimum absolute atomic E-state index is 0.0143. The first-order chi connectivity index (χ1) is 13.9. The van der Waals surface area contributed by atoms with Crippen molar-refractivity contribution in [3.8, 4) is 11.6 Å². The summed E-state index contributed by atoms with van der Waals surface area (Å²) in [6.45, 7) is 0.917. The molecule has 2 aromatic heterocycles. The van der Waals surface area contributed by atoms with Crippen LogP contribution >= 0.6 is 0 Å². The standard InChI is InChI=1S/C12H15F2N5O.C7H11NO/c1-19-6-9(10(18-19)11-17-15-7-20-11)16-8-2-4-12(13,14)5-3-8;9-7-6(3-4-8-7)5-1-2-5/h6-8,16H,2-5H2,1H3;5-6H,1-4H2,(H,8,9). The number of alkyl halides is 2. The van der Waals surface area contributed by atoms with Gasteiger partial charge in [-0.3, -0.25) is 9.48 Å². The molecule has 3 heterocycles. The molecule has 0 aromatic carbocycles. The van der Waals surface area contributed by atoms with E-state index in [2.05, 4.69) is 25.9 Å². The Morgan fingerprint density at radius 1 is 1.24 bits per heavy atom. The fourth-order valence-corrected chi connectivity index (χ4v) is 3.99. The van der Waals surface area contributed by atoms with Crippen LogP contribution in [0.5, 0.6) is 0 Å². The summed E-state index contributed by atoms with van der Waals surface area (Å²) in [6, 6.07) is 0.0143. The Morgan fingerprint density at radius 3 is 2.59 bits per heavy atom. The van der Waals surface area contributed by atoms with Crippen molar-refractivity contribution in [3.63, 3.8) is 0 Å². The van der Waals surface area contributed by atoms with Gasteiger partial charge in [0.05, 0.1) is 5.69 Å². The molecule has 3 fully saturated rings. The largest absolute Gasteiger partial charge is 0.422 e. The monoisotopic (exact) mass is 408 g/mol. The van der Waals surface area contributed by atoms with Gasteiger partial charge >= 0.3 is 0 Å². The molecule has 0 radical (unpaired) electrons. The van der Waals surface area contributed by atoms with Crippen molar-refractivity contribution < 1.29 is 18.0 Å². The lowest BCUT2D eigenvalue weighted by Crippen LogP contribution is -2.32. The van der Waals surface area contributed by atoms with Gasteiger partial charge in [-0.25, -0.2) is 8.78 Å². The molecule has 1 atom stereocenters. The highest BCUT2D eigenvalue weighted by atomic mass is 19.3. The lowest BCUT2D eigenvalue weighted by atomic mass is 9.92. The zero-order valence-corrected chi connectivity index (χ0v) is 16.4. The van der Waals surface area contributed by atoms with Gasteiger partial charge in [-0.2, -0.15) is 5.10 Å². The fraction of sp³-hybridized carbons (Fsp3) is 0.684. The third-order valence-electron chi connectivity index (χ3n) is 5.75. The maximum atomic E-state index is 13.1. The molecule has 158 valence electrons. The minimum atomic E-state index is -2.53. The number of halogens is 2. The predicted octanol–water partition coefficient (Wildman–Crippen LogP) is 2.99. The Bertz CT molecular complexity index is 824. The van der Waals surface area contributed by atoms with Gasteiger partial charge in [-0.1, -0.05) is 0 Å². The maximum absolute atomic E-state index is 13.1. The number of rotatable bonds is 4. The maximum Gasteiger partial charge on any atom is 0.270 e. The third-order valence-corrected chi connectivity index (χ3v) is 5.75. The lowest BCUT2D eigenvalue weighted by molar-refractivity contribution is -0.122. The van der Waals surface area contributed by atoms with Crippen LogP contribution in [-0.2, 0) is 11.8 Å². The van der Waals surface area contributed by atoms with Crippen LogP contribution < -0.4 is 10.6 Å². The van der Waals surface area contributed by atoms with Crippen molar-refractivity contribution in [2.45, 2.75) is 56.9 Å². The molecular formula is C19H26F2N6O2. The normalized spacial score (nSPS) is 24.0. The lowest BCUT2D eigenvalue weighted by Gasteiger charge is -2.29. The van der Waals surface area contributed by atoms with Gasteiger partial charge in [0.1, 0.15) is 0 Å². The molecule has 2 aromatic rings. The topological polar surface area (TPSA) is 97.9 Å². The van der Waals surface area contributed by atoms with Crippen LogP contribution in [0.15, 0.2) is 17.0 Å². The van der Waals surface area contributed by atoms with Gasteiger partial charge in [-0.15, -0.1) is 10.2 Å². The number of anilines is 1. The van der Waals surface area contributed by atoms with E-state index in [1.165, 1.54) is 19.2 Å². The molecule has 3 aliphatic rings. The molecule has 1 saturated heterocycles. The van der Waals surface area contributed by atoms with Crippen molar-refractivity contribution in [3.05, 3.63) is 12.6 Å². The Balaban J connectivity index is 0.000000188. The molecule has 2 saturated carbocycles. The van der Waals surface area contributed by atoms with E-state index < -0.39 is 5.92 Å². The van der Waals surface area contributed by atoms with Gasteiger partial charge in [0, 0.05) is 44.6 Å². The van der Waals surface area contributed by atoms with Gasteiger partial charge in [-0.05, 0) is 38.0 Å². The van der Waals surface area contributed by atoms with Crippen LogP contribution in [0.25, 0.3) is 11.6 Å². The van der Waals surface area contributed by atoms with Gasteiger partial charge in [0.2, 0.25) is 18.2 Å². The summed E-state index contributed by atoms with van der Waals surface area (Å²) in [7, 11) is 1.78. The number of hydrogen-bond donors (Lipinski definition) is 2. The van der Waals surface area contributed by atoms with Crippen molar-refractivity contribution in [2.24, 2.45) is 18.9 Å². The average Bonchev–Trinajstić information content (AvgIpc) is 3.05. The summed E-state index contributed by atoms with van der Waals surface area (Å²) in [5.74, 6) is -0.758. The molecule has 1 amide bonds. The Kier molecular flexibility index (Phi) is 5.51. The molecule has 2 N–H and O–H groups in total. The Morgan fingerprint density at radius 2 is 2.00 bits per heavy atom. The smallest absolute Gasteiger partial charge is 0.270 e. The van der Waals surface area contributed by atoms with E-state index in [9.17, 15) is 13.6 Å². The summed E-state index contributed by atoms with van der Waals surface area (Å²) >= 11 is 0. The Hall–Kier alpha value is -2.52. The number of nitrogens with zero attached hydrogens (tertiary/aromatic N) is 4. The first-order valence-corrected chi connectivity index (χ1v) is 10.1. The number of amides is 1. The summed E-state index contributed by atoms with van der Waals surface area (Å²) in [6.07, 6.45) is 7.39. The van der Waals surface area contributed by atoms with Gasteiger partial charge in [0.25, 0.3) is 5.89 Å². The second-order valence-corrected chi connectivity index (χ2v) is 8.11. The quantitative estimate of drug-likeness (QED) is 0.807. The average molecular weight is 408 g/mol. The molecule has 1 unspecified atom stereocenters. The zero-order valence-electron chi connectivity index (χ0n) is 16.4. The number of carbonyl (C=O) groups is 1. The highest BCUT2D eigenvalue weighted by Gasteiger charge is 2.38. The van der Waals surface area contributed by atoms with Crippen LogP contribution in [-0.4, -0.2) is 44.4 Å². The van der Waals surface area contributed by atoms with Crippen LogP contribution in [0.3, 0.4) is 0 Å². The molecular weight excluding hydrogens is 382 g/mol.